The number of anilines is 1. The monoisotopic (exact) mass is 474 g/mol. The number of piperidine rings is 1. The van der Waals surface area contributed by atoms with Crippen LogP contribution in [0.25, 0.3) is 11.4 Å². The number of likely N-dealkylation sites (tertiary alicyclic amines) is 1. The molecule has 4 heterocycles. The van der Waals surface area contributed by atoms with Gasteiger partial charge < -0.3 is 19.6 Å². The molecule has 2 saturated heterocycles. The molecule has 1 N–H and O–H groups in total. The maximum atomic E-state index is 13.1. The van der Waals surface area contributed by atoms with Gasteiger partial charge in [0.15, 0.2) is 0 Å². The first-order chi connectivity index (χ1) is 17.0. The van der Waals surface area contributed by atoms with E-state index in [1.165, 1.54) is 0 Å². The summed E-state index contributed by atoms with van der Waals surface area (Å²) in [6, 6.07) is 12.8. The number of hydrogen-bond acceptors (Lipinski definition) is 7. The lowest BCUT2D eigenvalue weighted by molar-refractivity contribution is -0.136. The van der Waals surface area contributed by atoms with Gasteiger partial charge in [-0.15, -0.1) is 0 Å². The summed E-state index contributed by atoms with van der Waals surface area (Å²) < 4.78 is 5.51. The molecule has 2 aromatic heterocycles. The van der Waals surface area contributed by atoms with Gasteiger partial charge in [0, 0.05) is 56.5 Å². The molecule has 3 aromatic rings. The third-order valence-electron chi connectivity index (χ3n) is 6.62. The van der Waals surface area contributed by atoms with E-state index in [-0.39, 0.29) is 36.0 Å². The largest absolute Gasteiger partial charge is 0.354 e. The Labute approximate surface area is 202 Å². The first-order valence-corrected chi connectivity index (χ1v) is 11.7. The van der Waals surface area contributed by atoms with E-state index in [4.69, 9.17) is 4.52 Å². The highest BCUT2D eigenvalue weighted by molar-refractivity contribution is 6.00. The number of nitrogens with one attached hydrogen (secondary N) is 1. The molecule has 2 fully saturated rings. The molecule has 0 bridgehead atoms. The summed E-state index contributed by atoms with van der Waals surface area (Å²) in [5, 5.41) is 6.60. The van der Waals surface area contributed by atoms with E-state index < -0.39 is 0 Å². The van der Waals surface area contributed by atoms with Crippen LogP contribution >= 0.6 is 0 Å². The van der Waals surface area contributed by atoms with Crippen LogP contribution < -0.4 is 10.2 Å². The number of aromatic nitrogens is 3. The first-order valence-electron chi connectivity index (χ1n) is 11.7. The highest BCUT2D eigenvalue weighted by Gasteiger charge is 2.38. The Kier molecular flexibility index (Phi) is 6.26. The number of hydrogen-bond donors (Lipinski definition) is 1. The van der Waals surface area contributed by atoms with Crippen molar-refractivity contribution in [1.29, 1.82) is 0 Å². The molecular weight excluding hydrogens is 448 g/mol. The Morgan fingerprint density at radius 3 is 2.54 bits per heavy atom. The van der Waals surface area contributed by atoms with Crippen LogP contribution in [0.2, 0.25) is 0 Å². The molecule has 5 rings (SSSR count). The maximum absolute atomic E-state index is 13.1. The Bertz CT molecular complexity index is 1220. The van der Waals surface area contributed by atoms with Crippen LogP contribution in [0, 0.1) is 5.92 Å². The summed E-state index contributed by atoms with van der Waals surface area (Å²) in [7, 11) is 1.55. The number of rotatable bonds is 5. The second-order valence-electron chi connectivity index (χ2n) is 8.81. The fraction of sp³-hybridized carbons (Fsp3) is 0.360. The number of para-hydroxylation sites is 1. The fourth-order valence-corrected chi connectivity index (χ4v) is 4.64. The molecule has 0 unspecified atom stereocenters. The molecule has 10 heteroatoms. The summed E-state index contributed by atoms with van der Waals surface area (Å²) in [6.07, 6.45) is 3.21. The van der Waals surface area contributed by atoms with E-state index in [0.29, 0.717) is 55.4 Å². The van der Waals surface area contributed by atoms with E-state index in [1.807, 2.05) is 35.2 Å². The second kappa shape index (κ2) is 9.65. The average Bonchev–Trinajstić information content (AvgIpc) is 3.56. The van der Waals surface area contributed by atoms with Gasteiger partial charge in [-0.1, -0.05) is 23.4 Å². The molecular formula is C25H26N6O4. The maximum Gasteiger partial charge on any atom is 0.269 e. The molecule has 0 radical (unpaired) electrons. The van der Waals surface area contributed by atoms with Gasteiger partial charge in [-0.25, -0.2) is 0 Å². The minimum atomic E-state index is -0.320. The summed E-state index contributed by atoms with van der Waals surface area (Å²) in [6.45, 7) is 1.58. The van der Waals surface area contributed by atoms with Gasteiger partial charge in [0.2, 0.25) is 23.5 Å². The lowest BCUT2D eigenvalue weighted by atomic mass is 9.95. The molecule has 10 nitrogen and oxygen atoms in total. The van der Waals surface area contributed by atoms with Crippen LogP contribution in [0.4, 0.5) is 5.69 Å². The molecule has 0 spiro atoms. The van der Waals surface area contributed by atoms with Crippen molar-refractivity contribution in [2.45, 2.75) is 25.2 Å². The summed E-state index contributed by atoms with van der Waals surface area (Å²) in [5.74, 6) is 0.448. The van der Waals surface area contributed by atoms with Crippen molar-refractivity contribution in [2.24, 2.45) is 5.92 Å². The SMILES string of the molecule is CNC(=O)c1ccc(-c2noc(C3CCN(C(=O)[C@H]4CC(=O)N(c5ccccc5)C4)CC3)n2)cn1. The third-order valence-corrected chi connectivity index (χ3v) is 6.62. The zero-order valence-corrected chi connectivity index (χ0v) is 19.4. The lowest BCUT2D eigenvalue weighted by Gasteiger charge is -2.32. The third kappa shape index (κ3) is 4.64. The predicted molar refractivity (Wildman–Crippen MR) is 126 cm³/mol. The van der Waals surface area contributed by atoms with Crippen LogP contribution in [0.15, 0.2) is 53.2 Å². The topological polar surface area (TPSA) is 122 Å². The molecule has 3 amide bonds. The Morgan fingerprint density at radius 2 is 1.86 bits per heavy atom. The molecule has 180 valence electrons. The van der Waals surface area contributed by atoms with Gasteiger partial charge in [-0.3, -0.25) is 19.4 Å². The van der Waals surface area contributed by atoms with Crippen molar-refractivity contribution in [3.63, 3.8) is 0 Å². The van der Waals surface area contributed by atoms with Crippen molar-refractivity contribution in [3.05, 3.63) is 60.2 Å². The van der Waals surface area contributed by atoms with Gasteiger partial charge in [-0.05, 0) is 37.1 Å². The molecule has 1 atom stereocenters. The Balaban J connectivity index is 1.17. The minimum absolute atomic E-state index is 0.0133. The summed E-state index contributed by atoms with van der Waals surface area (Å²) in [4.78, 5) is 49.5. The number of carbonyl (C=O) groups excluding carboxylic acids is 3. The zero-order chi connectivity index (χ0) is 24.4. The van der Waals surface area contributed by atoms with Crippen LogP contribution in [-0.2, 0) is 9.59 Å². The highest BCUT2D eigenvalue weighted by atomic mass is 16.5. The number of nitrogens with zero attached hydrogens (tertiary/aromatic N) is 5. The van der Waals surface area contributed by atoms with E-state index in [1.54, 1.807) is 30.3 Å². The van der Waals surface area contributed by atoms with E-state index in [0.717, 1.165) is 5.69 Å². The van der Waals surface area contributed by atoms with E-state index in [9.17, 15) is 14.4 Å². The normalized spacial score (nSPS) is 18.7. The van der Waals surface area contributed by atoms with Crippen LogP contribution in [0.1, 0.15) is 41.6 Å². The molecule has 2 aliphatic heterocycles. The van der Waals surface area contributed by atoms with Crippen molar-refractivity contribution in [1.82, 2.24) is 25.3 Å². The average molecular weight is 475 g/mol. The van der Waals surface area contributed by atoms with Crippen molar-refractivity contribution in [3.8, 4) is 11.4 Å². The van der Waals surface area contributed by atoms with Crippen LogP contribution in [0.5, 0.6) is 0 Å². The Hall–Kier alpha value is -4.08. The molecule has 2 aliphatic rings. The molecule has 1 aromatic carbocycles. The standard InChI is InChI=1S/C25H26N6O4/c1-26-23(33)20-8-7-17(14-27-20)22-28-24(35-29-22)16-9-11-30(12-10-16)25(34)18-13-21(32)31(15-18)19-5-3-2-4-6-19/h2-8,14,16,18H,9-13,15H2,1H3,(H,26,33)/t18-/m0/s1. The smallest absolute Gasteiger partial charge is 0.269 e. The van der Waals surface area contributed by atoms with Gasteiger partial charge in [0.05, 0.1) is 5.92 Å². The zero-order valence-electron chi connectivity index (χ0n) is 19.4. The number of benzene rings is 1. The van der Waals surface area contributed by atoms with Gasteiger partial charge in [0.25, 0.3) is 5.91 Å². The van der Waals surface area contributed by atoms with E-state index >= 15 is 0 Å². The highest BCUT2D eigenvalue weighted by Crippen LogP contribution is 2.31. The second-order valence-corrected chi connectivity index (χ2v) is 8.81. The van der Waals surface area contributed by atoms with Crippen LogP contribution in [-0.4, -0.2) is 64.4 Å². The quantitative estimate of drug-likeness (QED) is 0.602. The summed E-state index contributed by atoms with van der Waals surface area (Å²) >= 11 is 0. The number of carbonyl (C=O) groups is 3. The van der Waals surface area contributed by atoms with Gasteiger partial charge in [-0.2, -0.15) is 4.98 Å². The molecule has 35 heavy (non-hydrogen) atoms. The summed E-state index contributed by atoms with van der Waals surface area (Å²) in [5.41, 5.74) is 1.80. The number of pyridine rings is 1. The number of amides is 3. The van der Waals surface area contributed by atoms with Crippen molar-refractivity contribution < 1.29 is 18.9 Å². The predicted octanol–water partition coefficient (Wildman–Crippen LogP) is 2.25. The first kappa shape index (κ1) is 22.7. The van der Waals surface area contributed by atoms with Crippen LogP contribution in [0.3, 0.4) is 0 Å². The molecule has 0 aliphatic carbocycles. The Morgan fingerprint density at radius 1 is 1.09 bits per heavy atom. The van der Waals surface area contributed by atoms with Gasteiger partial charge >= 0.3 is 0 Å². The van der Waals surface area contributed by atoms with Gasteiger partial charge in [0.1, 0.15) is 5.69 Å². The lowest BCUT2D eigenvalue weighted by Crippen LogP contribution is -2.42. The van der Waals surface area contributed by atoms with Crippen molar-refractivity contribution in [2.75, 3.05) is 31.6 Å². The van der Waals surface area contributed by atoms with E-state index in [2.05, 4.69) is 20.4 Å². The van der Waals surface area contributed by atoms with Crippen molar-refractivity contribution >= 4 is 23.4 Å². The molecule has 0 saturated carbocycles. The fourth-order valence-electron chi connectivity index (χ4n) is 4.64. The minimum Gasteiger partial charge on any atom is -0.354 e.